The first kappa shape index (κ1) is 36.9. The van der Waals surface area contributed by atoms with E-state index in [1.807, 2.05) is 0 Å². The van der Waals surface area contributed by atoms with Gasteiger partial charge in [-0.15, -0.1) is 0 Å². The molecule has 0 saturated heterocycles. The predicted molar refractivity (Wildman–Crippen MR) is 171 cm³/mol. The van der Waals surface area contributed by atoms with Crippen molar-refractivity contribution in [3.8, 4) is 0 Å². The van der Waals surface area contributed by atoms with Crippen LogP contribution in [0.4, 0.5) is 0 Å². The quantitative estimate of drug-likeness (QED) is 0.0824. The highest BCUT2D eigenvalue weighted by Crippen LogP contribution is 2.16. The van der Waals surface area contributed by atoms with Gasteiger partial charge < -0.3 is 11.1 Å². The number of hydrogen-bond donors (Lipinski definition) is 2. The molecule has 37 heavy (non-hydrogen) atoms. The summed E-state index contributed by atoms with van der Waals surface area (Å²) in [6.07, 6.45) is 45.1. The molecule has 0 fully saturated rings. The fraction of sp³-hybridized carbons (Fsp3) is 1.00. The molecule has 0 saturated carbocycles. The van der Waals surface area contributed by atoms with Gasteiger partial charge in [-0.2, -0.15) is 0 Å². The van der Waals surface area contributed by atoms with Crippen LogP contribution in [0.2, 0.25) is 0 Å². The van der Waals surface area contributed by atoms with Crippen molar-refractivity contribution in [1.82, 2.24) is 5.32 Å². The molecule has 0 aromatic heterocycles. The molecule has 2 heteroatoms. The van der Waals surface area contributed by atoms with E-state index in [9.17, 15) is 0 Å². The lowest BCUT2D eigenvalue weighted by Gasteiger charge is -2.05. The molecule has 0 bridgehead atoms. The van der Waals surface area contributed by atoms with Crippen LogP contribution in [0, 0.1) is 0 Å². The van der Waals surface area contributed by atoms with E-state index in [1.54, 1.807) is 0 Å². The minimum Gasteiger partial charge on any atom is -0.330 e. The minimum atomic E-state index is 0.812. The number of nitrogens with two attached hydrogens (primary N) is 1. The van der Waals surface area contributed by atoms with Crippen molar-refractivity contribution in [2.24, 2.45) is 5.73 Å². The zero-order valence-electron chi connectivity index (χ0n) is 26.1. The van der Waals surface area contributed by atoms with E-state index < -0.39 is 0 Å². The highest BCUT2D eigenvalue weighted by atomic mass is 14.8. The van der Waals surface area contributed by atoms with Crippen LogP contribution in [0.25, 0.3) is 0 Å². The molecule has 0 spiro atoms. The maximum atomic E-state index is 5.51. The second-order valence-corrected chi connectivity index (χ2v) is 12.1. The van der Waals surface area contributed by atoms with Crippen LogP contribution in [-0.4, -0.2) is 19.6 Å². The summed E-state index contributed by atoms with van der Waals surface area (Å²) >= 11 is 0. The number of rotatable bonds is 34. The van der Waals surface area contributed by atoms with Gasteiger partial charge in [-0.3, -0.25) is 0 Å². The molecular weight excluding hydrogens is 448 g/mol. The van der Waals surface area contributed by atoms with Crippen molar-refractivity contribution in [3.05, 3.63) is 0 Å². The van der Waals surface area contributed by atoms with Gasteiger partial charge in [0.2, 0.25) is 0 Å². The molecule has 2 nitrogen and oxygen atoms in total. The second-order valence-electron chi connectivity index (χ2n) is 12.1. The van der Waals surface area contributed by atoms with E-state index in [4.69, 9.17) is 5.73 Å². The zero-order valence-corrected chi connectivity index (χ0v) is 26.1. The van der Waals surface area contributed by atoms with Crippen LogP contribution in [0.3, 0.4) is 0 Å². The van der Waals surface area contributed by atoms with Gasteiger partial charge in [0.05, 0.1) is 0 Å². The van der Waals surface area contributed by atoms with Crippen LogP contribution in [0.5, 0.6) is 0 Å². The molecule has 0 aromatic rings. The lowest BCUT2D eigenvalue weighted by molar-refractivity contribution is 0.512. The normalized spacial score (nSPS) is 11.5. The van der Waals surface area contributed by atoms with E-state index in [0.717, 1.165) is 19.5 Å². The first-order valence-corrected chi connectivity index (χ1v) is 17.8. The van der Waals surface area contributed by atoms with Gasteiger partial charge >= 0.3 is 0 Å². The van der Waals surface area contributed by atoms with Crippen LogP contribution in [0.1, 0.15) is 206 Å². The molecule has 0 atom stereocenters. The Bertz CT molecular complexity index is 336. The smallest absolute Gasteiger partial charge is 0.00369 e. The maximum Gasteiger partial charge on any atom is -0.00369 e. The minimum absolute atomic E-state index is 0.812. The first-order chi connectivity index (χ1) is 18.4. The average molecular weight is 523 g/mol. The monoisotopic (exact) mass is 523 g/mol. The topological polar surface area (TPSA) is 38.0 Å². The largest absolute Gasteiger partial charge is 0.330 e. The van der Waals surface area contributed by atoms with Gasteiger partial charge in [0, 0.05) is 0 Å². The highest BCUT2D eigenvalue weighted by Gasteiger charge is 1.97. The molecule has 0 radical (unpaired) electrons. The van der Waals surface area contributed by atoms with Gasteiger partial charge in [-0.1, -0.05) is 193 Å². The van der Waals surface area contributed by atoms with Gasteiger partial charge in [-0.05, 0) is 32.5 Å². The summed E-state index contributed by atoms with van der Waals surface area (Å²) in [4.78, 5) is 0. The maximum absolute atomic E-state index is 5.51. The van der Waals surface area contributed by atoms with Crippen molar-refractivity contribution < 1.29 is 0 Å². The Hall–Kier alpha value is -0.0800. The summed E-state index contributed by atoms with van der Waals surface area (Å²) in [5.74, 6) is 0. The average Bonchev–Trinajstić information content (AvgIpc) is 2.91. The fourth-order valence-corrected chi connectivity index (χ4v) is 5.63. The fourth-order valence-electron chi connectivity index (χ4n) is 5.63. The van der Waals surface area contributed by atoms with E-state index in [-0.39, 0.29) is 0 Å². The molecule has 224 valence electrons. The van der Waals surface area contributed by atoms with Crippen molar-refractivity contribution in [2.75, 3.05) is 19.6 Å². The lowest BCUT2D eigenvalue weighted by atomic mass is 10.0. The molecule has 0 aliphatic rings. The van der Waals surface area contributed by atoms with Gasteiger partial charge in [-0.25, -0.2) is 0 Å². The van der Waals surface area contributed by atoms with Crippen LogP contribution in [0.15, 0.2) is 0 Å². The summed E-state index contributed by atoms with van der Waals surface area (Å²) in [5, 5.41) is 3.48. The summed E-state index contributed by atoms with van der Waals surface area (Å²) in [5.41, 5.74) is 5.51. The molecule has 0 aliphatic heterocycles. The Kier molecular flexibility index (Phi) is 35.8. The lowest BCUT2D eigenvalue weighted by Crippen LogP contribution is -2.19. The summed E-state index contributed by atoms with van der Waals surface area (Å²) < 4.78 is 0. The van der Waals surface area contributed by atoms with Gasteiger partial charge in [0.25, 0.3) is 0 Å². The summed E-state index contributed by atoms with van der Waals surface area (Å²) in [6.45, 7) is 5.39. The molecule has 0 aliphatic carbocycles. The summed E-state index contributed by atoms with van der Waals surface area (Å²) in [7, 11) is 0. The third kappa shape index (κ3) is 35.9. The summed E-state index contributed by atoms with van der Waals surface area (Å²) in [6, 6.07) is 0. The predicted octanol–water partition coefficient (Wildman–Crippen LogP) is 11.6. The third-order valence-corrected chi connectivity index (χ3v) is 8.26. The Balaban J connectivity index is 3.00. The molecule has 3 N–H and O–H groups in total. The molecule has 0 heterocycles. The Labute approximate surface area is 236 Å². The molecule has 0 amide bonds. The van der Waals surface area contributed by atoms with E-state index in [1.165, 1.54) is 199 Å². The number of nitrogens with one attached hydrogen (secondary N) is 1. The van der Waals surface area contributed by atoms with Crippen LogP contribution in [-0.2, 0) is 0 Å². The van der Waals surface area contributed by atoms with Crippen molar-refractivity contribution >= 4 is 0 Å². The van der Waals surface area contributed by atoms with Gasteiger partial charge in [0.15, 0.2) is 0 Å². The Morgan fingerprint density at radius 3 is 0.757 bits per heavy atom. The molecule has 0 rings (SSSR count). The third-order valence-electron chi connectivity index (χ3n) is 8.26. The first-order valence-electron chi connectivity index (χ1n) is 17.8. The molecule has 0 unspecified atom stereocenters. The van der Waals surface area contributed by atoms with Crippen molar-refractivity contribution in [1.29, 1.82) is 0 Å². The Morgan fingerprint density at radius 1 is 0.297 bits per heavy atom. The van der Waals surface area contributed by atoms with E-state index in [0.29, 0.717) is 0 Å². The van der Waals surface area contributed by atoms with Crippen molar-refractivity contribution in [2.45, 2.75) is 206 Å². The number of hydrogen-bond acceptors (Lipinski definition) is 2. The highest BCUT2D eigenvalue weighted by molar-refractivity contribution is 4.53. The molecule has 0 aromatic carbocycles. The van der Waals surface area contributed by atoms with E-state index >= 15 is 0 Å². The SMILES string of the molecule is CCCCCCCCCCCCCCCCCCCCCCCCCCCCCCCCNCCCN. The Morgan fingerprint density at radius 2 is 0.514 bits per heavy atom. The molecular formula is C35H74N2. The van der Waals surface area contributed by atoms with E-state index in [2.05, 4.69) is 12.2 Å². The van der Waals surface area contributed by atoms with Gasteiger partial charge in [0.1, 0.15) is 0 Å². The van der Waals surface area contributed by atoms with Crippen molar-refractivity contribution in [3.63, 3.8) is 0 Å². The van der Waals surface area contributed by atoms with Crippen LogP contribution < -0.4 is 11.1 Å². The standard InChI is InChI=1S/C35H74N2/c1-2-3-4-5-6-7-8-9-10-11-12-13-14-15-16-17-18-19-20-21-22-23-24-25-26-27-28-29-30-31-34-37-35-32-33-36/h37H,2-36H2,1H3. The number of unbranched alkanes of at least 4 members (excludes halogenated alkanes) is 29. The second kappa shape index (κ2) is 35.9. The van der Waals surface area contributed by atoms with Crippen LogP contribution >= 0.6 is 0 Å². The zero-order chi connectivity index (χ0) is 26.7.